The second-order valence-electron chi connectivity index (χ2n) is 11.1. The van der Waals surface area contributed by atoms with E-state index in [1.54, 1.807) is 12.1 Å². The first kappa shape index (κ1) is 31.0. The van der Waals surface area contributed by atoms with Gasteiger partial charge in [-0.25, -0.2) is 8.42 Å². The van der Waals surface area contributed by atoms with Gasteiger partial charge in [0.1, 0.15) is 24.4 Å². The van der Waals surface area contributed by atoms with Crippen LogP contribution >= 0.6 is 0 Å². The molecule has 226 valence electrons. The number of aryl methyl sites for hydroxylation is 2. The fraction of sp³-hybridized carbons (Fsp3) is 0.353. The van der Waals surface area contributed by atoms with Gasteiger partial charge < -0.3 is 19.7 Å². The lowest BCUT2D eigenvalue weighted by atomic mass is 9.94. The van der Waals surface area contributed by atoms with E-state index in [0.29, 0.717) is 11.4 Å². The molecule has 0 saturated carbocycles. The van der Waals surface area contributed by atoms with Gasteiger partial charge in [-0.3, -0.25) is 9.97 Å². The molecule has 4 aromatic rings. The zero-order chi connectivity index (χ0) is 30.4. The number of pyridine rings is 2. The third kappa shape index (κ3) is 7.55. The zero-order valence-corrected chi connectivity index (χ0v) is 25.2. The van der Waals surface area contributed by atoms with Crippen molar-refractivity contribution in [2.24, 2.45) is 0 Å². The molecule has 1 saturated heterocycles. The van der Waals surface area contributed by atoms with Crippen molar-refractivity contribution in [3.63, 3.8) is 0 Å². The van der Waals surface area contributed by atoms with Crippen LogP contribution in [0.4, 0.5) is 0 Å². The van der Waals surface area contributed by atoms with Crippen LogP contribution < -0.4 is 0 Å². The van der Waals surface area contributed by atoms with Gasteiger partial charge in [0, 0.05) is 11.4 Å². The quantitative estimate of drug-likeness (QED) is 0.280. The van der Waals surface area contributed by atoms with Gasteiger partial charge in [0.15, 0.2) is 9.84 Å². The van der Waals surface area contributed by atoms with Crippen molar-refractivity contribution in [1.82, 2.24) is 9.97 Å². The van der Waals surface area contributed by atoms with Gasteiger partial charge in [-0.2, -0.15) is 0 Å². The van der Waals surface area contributed by atoms with Crippen LogP contribution in [0.25, 0.3) is 0 Å². The number of rotatable bonds is 10. The van der Waals surface area contributed by atoms with Crippen LogP contribution in [0.5, 0.6) is 0 Å². The maximum Gasteiger partial charge on any atom is 0.161 e. The number of hydrogen-bond acceptors (Lipinski definition) is 8. The third-order valence-corrected chi connectivity index (χ3v) is 10.5. The van der Waals surface area contributed by atoms with Crippen LogP contribution in [-0.4, -0.2) is 63.5 Å². The number of nitrogens with zero attached hydrogens (tertiary/aromatic N) is 2. The van der Waals surface area contributed by atoms with E-state index >= 15 is 0 Å². The predicted octanol–water partition coefficient (Wildman–Crippen LogP) is 3.94. The molecule has 9 heteroatoms. The van der Waals surface area contributed by atoms with Crippen molar-refractivity contribution in [3.8, 4) is 0 Å². The summed E-state index contributed by atoms with van der Waals surface area (Å²) >= 11 is 0. The monoisotopic (exact) mass is 602 g/mol. The Kier molecular flexibility index (Phi) is 10.00. The molecular weight excluding hydrogens is 564 g/mol. The van der Waals surface area contributed by atoms with Crippen LogP contribution in [-0.2, 0) is 45.4 Å². The summed E-state index contributed by atoms with van der Waals surface area (Å²) in [6.45, 7) is 3.66. The van der Waals surface area contributed by atoms with Gasteiger partial charge in [0.25, 0.3) is 0 Å². The van der Waals surface area contributed by atoms with Gasteiger partial charge in [0.05, 0.1) is 35.1 Å². The molecule has 2 N–H and O–H groups in total. The first-order valence-electron chi connectivity index (χ1n) is 14.5. The molecule has 8 nitrogen and oxygen atoms in total. The van der Waals surface area contributed by atoms with E-state index in [-0.39, 0.29) is 26.1 Å². The molecule has 0 aliphatic carbocycles. The highest BCUT2D eigenvalue weighted by atomic mass is 32.2. The predicted molar refractivity (Wildman–Crippen MR) is 164 cm³/mol. The minimum absolute atomic E-state index is 0.0287. The Labute approximate surface area is 253 Å². The number of aromatic nitrogens is 2. The average Bonchev–Trinajstić information content (AvgIpc) is 3.05. The van der Waals surface area contributed by atoms with Crippen molar-refractivity contribution < 1.29 is 28.1 Å². The highest BCUT2D eigenvalue weighted by Gasteiger charge is 2.54. The third-order valence-electron chi connectivity index (χ3n) is 7.90. The zero-order valence-electron chi connectivity index (χ0n) is 24.4. The topological polar surface area (TPSA) is 119 Å². The molecule has 5 rings (SSSR count). The molecule has 0 bridgehead atoms. The summed E-state index contributed by atoms with van der Waals surface area (Å²) in [5, 5.41) is 21.0. The largest absolute Gasteiger partial charge is 0.388 e. The van der Waals surface area contributed by atoms with Crippen LogP contribution in [0.1, 0.15) is 33.9 Å². The van der Waals surface area contributed by atoms with Crippen LogP contribution in [0.3, 0.4) is 0 Å². The molecule has 0 spiro atoms. The second kappa shape index (κ2) is 13.9. The van der Waals surface area contributed by atoms with Crippen molar-refractivity contribution in [2.75, 3.05) is 0 Å². The molecule has 0 radical (unpaired) electrons. The summed E-state index contributed by atoms with van der Waals surface area (Å²) in [5.41, 5.74) is 4.33. The fourth-order valence-electron chi connectivity index (χ4n) is 5.72. The molecule has 1 aliphatic rings. The van der Waals surface area contributed by atoms with Gasteiger partial charge in [-0.15, -0.1) is 0 Å². The van der Waals surface area contributed by atoms with E-state index in [4.69, 9.17) is 9.47 Å². The van der Waals surface area contributed by atoms with Crippen LogP contribution in [0.2, 0.25) is 0 Å². The minimum atomic E-state index is -4.10. The minimum Gasteiger partial charge on any atom is -0.388 e. The van der Waals surface area contributed by atoms with Crippen LogP contribution in [0.15, 0.2) is 97.1 Å². The van der Waals surface area contributed by atoms with Gasteiger partial charge >= 0.3 is 0 Å². The summed E-state index contributed by atoms with van der Waals surface area (Å²) in [6, 6.07) is 29.5. The molecule has 2 aromatic heterocycles. The SMILES string of the molecule is Cc1cccc(CO[C@@H]2[C@H](O)[C@@H](O)[C@@H](OCc3cccc(C)n3)[C@@H](Cc3ccccc3)S(=O)(=O)[C@@H]2Cc2ccccc2)n1. The van der Waals surface area contributed by atoms with Gasteiger partial charge in [-0.1, -0.05) is 72.8 Å². The Morgan fingerprint density at radius 1 is 0.605 bits per heavy atom. The Bertz CT molecular complexity index is 1470. The van der Waals surface area contributed by atoms with E-state index in [1.807, 2.05) is 98.8 Å². The van der Waals surface area contributed by atoms with Crippen LogP contribution in [0, 0.1) is 13.8 Å². The fourth-order valence-corrected chi connectivity index (χ4v) is 8.24. The van der Waals surface area contributed by atoms with Gasteiger partial charge in [0.2, 0.25) is 0 Å². The molecule has 6 atom stereocenters. The molecule has 3 heterocycles. The van der Waals surface area contributed by atoms with Crippen molar-refractivity contribution >= 4 is 9.84 Å². The average molecular weight is 603 g/mol. The van der Waals surface area contributed by atoms with Crippen molar-refractivity contribution in [1.29, 1.82) is 0 Å². The van der Waals surface area contributed by atoms with E-state index in [1.165, 1.54) is 0 Å². The normalized spacial score (nSPS) is 25.2. The molecule has 2 aromatic carbocycles. The van der Waals surface area contributed by atoms with E-state index in [2.05, 4.69) is 9.97 Å². The van der Waals surface area contributed by atoms with Crippen molar-refractivity contribution in [2.45, 2.75) is 74.8 Å². The Morgan fingerprint density at radius 3 is 1.37 bits per heavy atom. The lowest BCUT2D eigenvalue weighted by Gasteiger charge is -2.30. The molecular formula is C34H38N2O6S. The standard InChI is InChI=1S/C34H38N2O6S/c1-23-11-9-17-27(35-23)21-41-33-29(19-25-13-5-3-6-14-25)43(39,40)30(20-26-15-7-4-8-16-26)34(32(38)31(33)37)42-22-28-18-10-12-24(2)36-28/h3-18,29-34,37-38H,19-22H2,1-2H3/t29-,30-,31-,32-,33+,34+/m1/s1. The molecule has 1 aliphatic heterocycles. The highest BCUT2D eigenvalue weighted by molar-refractivity contribution is 7.92. The lowest BCUT2D eigenvalue weighted by Crippen LogP contribution is -2.49. The number of benzene rings is 2. The maximum atomic E-state index is 14.8. The molecule has 0 amide bonds. The van der Waals surface area contributed by atoms with Gasteiger partial charge in [-0.05, 0) is 62.1 Å². The first-order valence-corrected chi connectivity index (χ1v) is 16.1. The summed E-state index contributed by atoms with van der Waals surface area (Å²) in [7, 11) is -4.10. The number of hydrogen-bond donors (Lipinski definition) is 2. The molecule has 1 fully saturated rings. The number of sulfone groups is 1. The lowest BCUT2D eigenvalue weighted by molar-refractivity contribution is -0.139. The van der Waals surface area contributed by atoms with E-state index in [9.17, 15) is 18.6 Å². The summed E-state index contributed by atoms with van der Waals surface area (Å²) in [5.74, 6) is 0. The first-order chi connectivity index (χ1) is 20.7. The number of ether oxygens (including phenoxy) is 2. The Balaban J connectivity index is 1.55. The maximum absolute atomic E-state index is 14.8. The Morgan fingerprint density at radius 2 is 1.00 bits per heavy atom. The highest BCUT2D eigenvalue weighted by Crippen LogP contribution is 2.34. The summed E-state index contributed by atoms with van der Waals surface area (Å²) in [6.07, 6.45) is -5.40. The van der Waals surface area contributed by atoms with Crippen molar-refractivity contribution in [3.05, 3.63) is 131 Å². The molecule has 43 heavy (non-hydrogen) atoms. The smallest absolute Gasteiger partial charge is 0.161 e. The van der Waals surface area contributed by atoms with E-state index in [0.717, 1.165) is 22.5 Å². The van der Waals surface area contributed by atoms with E-state index < -0.39 is 44.8 Å². The summed E-state index contributed by atoms with van der Waals surface area (Å²) < 4.78 is 42.0. The molecule has 0 unspecified atom stereocenters. The second-order valence-corrected chi connectivity index (χ2v) is 13.5. The summed E-state index contributed by atoms with van der Waals surface area (Å²) in [4.78, 5) is 8.95. The number of aliphatic hydroxyl groups excluding tert-OH is 2. The number of aliphatic hydroxyl groups is 2. The Hall–Kier alpha value is -3.47.